The first kappa shape index (κ1) is 8.26. The SMILES string of the molecule is Sc1ccc(-c2ccccn2)nc1. The van der Waals surface area contributed by atoms with Crippen LogP contribution < -0.4 is 0 Å². The van der Waals surface area contributed by atoms with Crippen LogP contribution in [0.2, 0.25) is 0 Å². The summed E-state index contributed by atoms with van der Waals surface area (Å²) in [5.74, 6) is 0. The van der Waals surface area contributed by atoms with Gasteiger partial charge < -0.3 is 0 Å². The highest BCUT2D eigenvalue weighted by Crippen LogP contribution is 2.14. The van der Waals surface area contributed by atoms with Crippen LogP contribution in [0.25, 0.3) is 11.4 Å². The van der Waals surface area contributed by atoms with E-state index in [0.717, 1.165) is 16.3 Å². The van der Waals surface area contributed by atoms with Gasteiger partial charge in [-0.3, -0.25) is 9.97 Å². The number of rotatable bonds is 1. The molecule has 0 aliphatic carbocycles. The van der Waals surface area contributed by atoms with Crippen molar-refractivity contribution in [3.63, 3.8) is 0 Å². The highest BCUT2D eigenvalue weighted by molar-refractivity contribution is 7.80. The summed E-state index contributed by atoms with van der Waals surface area (Å²) in [6.07, 6.45) is 3.47. The standard InChI is InChI=1S/C10H8N2S/c13-8-4-5-10(12-7-8)9-3-1-2-6-11-9/h1-7,13H. The average Bonchev–Trinajstić information content (AvgIpc) is 2.20. The van der Waals surface area contributed by atoms with Gasteiger partial charge in [-0.05, 0) is 24.3 Å². The van der Waals surface area contributed by atoms with E-state index in [1.165, 1.54) is 0 Å². The van der Waals surface area contributed by atoms with Crippen LogP contribution in [-0.4, -0.2) is 9.97 Å². The maximum Gasteiger partial charge on any atom is 0.0886 e. The quantitative estimate of drug-likeness (QED) is 0.695. The van der Waals surface area contributed by atoms with Gasteiger partial charge >= 0.3 is 0 Å². The summed E-state index contributed by atoms with van der Waals surface area (Å²) < 4.78 is 0. The van der Waals surface area contributed by atoms with E-state index in [1.807, 2.05) is 30.3 Å². The lowest BCUT2D eigenvalue weighted by Gasteiger charge is -1.98. The van der Waals surface area contributed by atoms with Crippen LogP contribution in [0.4, 0.5) is 0 Å². The van der Waals surface area contributed by atoms with E-state index in [0.29, 0.717) is 0 Å². The molecule has 0 aromatic carbocycles. The van der Waals surface area contributed by atoms with Crippen LogP contribution in [0.15, 0.2) is 47.6 Å². The van der Waals surface area contributed by atoms with Crippen molar-refractivity contribution in [1.82, 2.24) is 9.97 Å². The third-order valence-electron chi connectivity index (χ3n) is 1.68. The molecule has 13 heavy (non-hydrogen) atoms. The van der Waals surface area contributed by atoms with Gasteiger partial charge in [0.1, 0.15) is 0 Å². The van der Waals surface area contributed by atoms with E-state index < -0.39 is 0 Å². The zero-order valence-electron chi connectivity index (χ0n) is 6.88. The van der Waals surface area contributed by atoms with Crippen LogP contribution in [-0.2, 0) is 0 Å². The van der Waals surface area contributed by atoms with Crippen LogP contribution in [0.5, 0.6) is 0 Å². The first-order valence-electron chi connectivity index (χ1n) is 3.93. The van der Waals surface area contributed by atoms with Gasteiger partial charge in [0.15, 0.2) is 0 Å². The third kappa shape index (κ3) is 1.87. The Kier molecular flexibility index (Phi) is 2.27. The van der Waals surface area contributed by atoms with Gasteiger partial charge in [0.05, 0.1) is 11.4 Å². The van der Waals surface area contributed by atoms with Crippen LogP contribution >= 0.6 is 12.6 Å². The van der Waals surface area contributed by atoms with Gasteiger partial charge in [-0.25, -0.2) is 0 Å². The second-order valence-corrected chi connectivity index (χ2v) is 3.13. The number of nitrogens with zero attached hydrogens (tertiary/aromatic N) is 2. The third-order valence-corrected chi connectivity index (χ3v) is 1.94. The fourth-order valence-electron chi connectivity index (χ4n) is 1.05. The number of thiol groups is 1. The number of hydrogen-bond acceptors (Lipinski definition) is 3. The lowest BCUT2D eigenvalue weighted by molar-refractivity contribution is 1.20. The molecule has 2 heterocycles. The maximum atomic E-state index is 4.21. The van der Waals surface area contributed by atoms with Crippen LogP contribution in [0.3, 0.4) is 0 Å². The molecule has 3 heteroatoms. The summed E-state index contributed by atoms with van der Waals surface area (Å²) >= 11 is 4.16. The summed E-state index contributed by atoms with van der Waals surface area (Å²) in [5, 5.41) is 0. The molecule has 0 unspecified atom stereocenters. The first-order chi connectivity index (χ1) is 6.36. The molecule has 0 atom stereocenters. The monoisotopic (exact) mass is 188 g/mol. The van der Waals surface area contributed by atoms with Crippen molar-refractivity contribution in [1.29, 1.82) is 0 Å². The molecule has 2 rings (SSSR count). The summed E-state index contributed by atoms with van der Waals surface area (Å²) in [5.41, 5.74) is 1.76. The van der Waals surface area contributed by atoms with Gasteiger partial charge in [-0.2, -0.15) is 0 Å². The molecular formula is C10H8N2S. The predicted molar refractivity (Wildman–Crippen MR) is 54.7 cm³/mol. The van der Waals surface area contributed by atoms with E-state index in [2.05, 4.69) is 22.6 Å². The molecule has 0 spiro atoms. The van der Waals surface area contributed by atoms with E-state index in [1.54, 1.807) is 12.4 Å². The second-order valence-electron chi connectivity index (χ2n) is 2.62. The fourth-order valence-corrected chi connectivity index (χ4v) is 1.18. The summed E-state index contributed by atoms with van der Waals surface area (Å²) in [4.78, 5) is 9.26. The lowest BCUT2D eigenvalue weighted by Crippen LogP contribution is -1.85. The van der Waals surface area contributed by atoms with Crippen molar-refractivity contribution in [2.45, 2.75) is 4.90 Å². The molecule has 2 aromatic heterocycles. The summed E-state index contributed by atoms with van der Waals surface area (Å²) in [7, 11) is 0. The van der Waals surface area contributed by atoms with Gasteiger partial charge in [0, 0.05) is 17.3 Å². The minimum absolute atomic E-state index is 0.861. The van der Waals surface area contributed by atoms with E-state index >= 15 is 0 Å². The Morgan fingerprint density at radius 1 is 0.923 bits per heavy atom. The van der Waals surface area contributed by atoms with E-state index in [4.69, 9.17) is 0 Å². The lowest BCUT2D eigenvalue weighted by atomic mass is 10.2. The predicted octanol–water partition coefficient (Wildman–Crippen LogP) is 2.43. The molecule has 0 radical (unpaired) electrons. The molecule has 0 fully saturated rings. The highest BCUT2D eigenvalue weighted by Gasteiger charge is 1.97. The van der Waals surface area contributed by atoms with Gasteiger partial charge in [0.25, 0.3) is 0 Å². The number of pyridine rings is 2. The Balaban J connectivity index is 2.42. The molecule has 0 amide bonds. The van der Waals surface area contributed by atoms with Crippen molar-refractivity contribution in [2.24, 2.45) is 0 Å². The summed E-state index contributed by atoms with van der Waals surface area (Å²) in [6, 6.07) is 9.57. The van der Waals surface area contributed by atoms with Gasteiger partial charge in [-0.1, -0.05) is 6.07 Å². The Hall–Kier alpha value is -1.35. The van der Waals surface area contributed by atoms with Gasteiger partial charge in [-0.15, -0.1) is 12.6 Å². The largest absolute Gasteiger partial charge is 0.255 e. The van der Waals surface area contributed by atoms with Gasteiger partial charge in [0.2, 0.25) is 0 Å². The van der Waals surface area contributed by atoms with E-state index in [-0.39, 0.29) is 0 Å². The number of aromatic nitrogens is 2. The Labute approximate surface area is 82.1 Å². The average molecular weight is 188 g/mol. The first-order valence-corrected chi connectivity index (χ1v) is 4.37. The summed E-state index contributed by atoms with van der Waals surface area (Å²) in [6.45, 7) is 0. The highest BCUT2D eigenvalue weighted by atomic mass is 32.1. The van der Waals surface area contributed by atoms with Crippen LogP contribution in [0.1, 0.15) is 0 Å². The topological polar surface area (TPSA) is 25.8 Å². The normalized spacial score (nSPS) is 9.92. The molecule has 0 bridgehead atoms. The minimum Gasteiger partial charge on any atom is -0.255 e. The molecule has 0 saturated carbocycles. The zero-order chi connectivity index (χ0) is 9.10. The smallest absolute Gasteiger partial charge is 0.0886 e. The molecule has 2 nitrogen and oxygen atoms in total. The Morgan fingerprint density at radius 3 is 2.38 bits per heavy atom. The molecule has 0 aliphatic heterocycles. The fraction of sp³-hybridized carbons (Fsp3) is 0. The van der Waals surface area contributed by atoms with Crippen molar-refractivity contribution >= 4 is 12.6 Å². The number of hydrogen-bond donors (Lipinski definition) is 1. The van der Waals surface area contributed by atoms with Crippen LogP contribution in [0, 0.1) is 0 Å². The Bertz CT molecular complexity index is 383. The van der Waals surface area contributed by atoms with Crippen molar-refractivity contribution in [2.75, 3.05) is 0 Å². The molecule has 0 N–H and O–H groups in total. The van der Waals surface area contributed by atoms with E-state index in [9.17, 15) is 0 Å². The Morgan fingerprint density at radius 2 is 1.77 bits per heavy atom. The zero-order valence-corrected chi connectivity index (χ0v) is 7.78. The minimum atomic E-state index is 0.861. The maximum absolute atomic E-state index is 4.21. The molecule has 0 saturated heterocycles. The molecule has 64 valence electrons. The molecule has 0 aliphatic rings. The van der Waals surface area contributed by atoms with Crippen molar-refractivity contribution in [3.8, 4) is 11.4 Å². The van der Waals surface area contributed by atoms with Crippen molar-refractivity contribution < 1.29 is 0 Å². The molecule has 2 aromatic rings. The molecular weight excluding hydrogens is 180 g/mol. The van der Waals surface area contributed by atoms with Crippen molar-refractivity contribution in [3.05, 3.63) is 42.7 Å². The second kappa shape index (κ2) is 3.58.